The summed E-state index contributed by atoms with van der Waals surface area (Å²) >= 11 is 0. The first-order valence-electron chi connectivity index (χ1n) is 36.1. The van der Waals surface area contributed by atoms with E-state index in [1.807, 2.05) is 0 Å². The van der Waals surface area contributed by atoms with Gasteiger partial charge in [0.2, 0.25) is 0 Å². The molecule has 0 rings (SSSR count). The van der Waals surface area contributed by atoms with Gasteiger partial charge < -0.3 is 14.2 Å². The Morgan fingerprint density at radius 1 is 0.241 bits per heavy atom. The molecular formula is C77H136O6. The van der Waals surface area contributed by atoms with E-state index < -0.39 is 6.10 Å². The summed E-state index contributed by atoms with van der Waals surface area (Å²) in [5.41, 5.74) is 0. The van der Waals surface area contributed by atoms with Gasteiger partial charge in [-0.3, -0.25) is 14.4 Å². The minimum absolute atomic E-state index is 0.0799. The van der Waals surface area contributed by atoms with E-state index in [0.29, 0.717) is 19.3 Å². The van der Waals surface area contributed by atoms with Crippen molar-refractivity contribution in [1.29, 1.82) is 0 Å². The maximum atomic E-state index is 13.0. The van der Waals surface area contributed by atoms with Crippen molar-refractivity contribution in [1.82, 2.24) is 0 Å². The van der Waals surface area contributed by atoms with Gasteiger partial charge >= 0.3 is 17.9 Å². The van der Waals surface area contributed by atoms with Crippen LogP contribution in [0.25, 0.3) is 0 Å². The molecule has 0 aromatic rings. The molecule has 1 unspecified atom stereocenters. The van der Waals surface area contributed by atoms with Gasteiger partial charge in [-0.05, 0) is 122 Å². The highest BCUT2D eigenvalue weighted by Crippen LogP contribution is 2.17. The Morgan fingerprint density at radius 3 is 0.699 bits per heavy atom. The fraction of sp³-hybridized carbons (Fsp3) is 0.779. The van der Waals surface area contributed by atoms with Crippen LogP contribution in [-0.4, -0.2) is 37.2 Å². The standard InChI is InChI=1S/C77H136O6/c1-4-7-10-13-16-19-22-25-28-31-33-35-36-37-38-39-40-42-43-46-49-52-55-58-61-64-67-70-76(79)82-73-74(72-81-75(78)69-66-63-60-57-54-51-48-45-30-27-24-21-18-15-12-9-6-3)83-77(80)71-68-65-62-59-56-53-50-47-44-41-34-32-29-26-23-20-17-14-11-8-5-2/h18,21-23,25-27,30-34,36-37,74H,4-17,19-20,24,28-29,35,38-73H2,1-3H3/b21-18-,25-22-,26-23-,30-27-,33-31-,34-32-,37-36-. The third kappa shape index (κ3) is 69.3. The van der Waals surface area contributed by atoms with Crippen LogP contribution in [0, 0.1) is 0 Å². The molecule has 0 radical (unpaired) electrons. The summed E-state index contributed by atoms with van der Waals surface area (Å²) in [6.07, 6.45) is 94.6. The highest BCUT2D eigenvalue weighted by atomic mass is 16.6. The van der Waals surface area contributed by atoms with Crippen LogP contribution in [0.15, 0.2) is 85.1 Å². The Balaban J connectivity index is 4.34. The summed E-state index contributed by atoms with van der Waals surface area (Å²) in [5, 5.41) is 0. The number of ether oxygens (including phenoxy) is 3. The van der Waals surface area contributed by atoms with E-state index in [9.17, 15) is 14.4 Å². The molecule has 6 nitrogen and oxygen atoms in total. The molecule has 0 saturated heterocycles. The number of hydrogen-bond acceptors (Lipinski definition) is 6. The summed E-state index contributed by atoms with van der Waals surface area (Å²) in [6, 6.07) is 0. The van der Waals surface area contributed by atoms with Crippen molar-refractivity contribution in [2.45, 2.75) is 374 Å². The molecule has 0 fully saturated rings. The highest BCUT2D eigenvalue weighted by molar-refractivity contribution is 5.71. The highest BCUT2D eigenvalue weighted by Gasteiger charge is 2.19. The van der Waals surface area contributed by atoms with Gasteiger partial charge in [-0.2, -0.15) is 0 Å². The van der Waals surface area contributed by atoms with E-state index in [4.69, 9.17) is 14.2 Å². The molecule has 0 aromatic carbocycles. The predicted octanol–water partition coefficient (Wildman–Crippen LogP) is 25.0. The van der Waals surface area contributed by atoms with Crippen LogP contribution < -0.4 is 0 Å². The molecule has 0 aliphatic heterocycles. The Morgan fingerprint density at radius 2 is 0.434 bits per heavy atom. The molecule has 0 aliphatic carbocycles. The number of hydrogen-bond donors (Lipinski definition) is 0. The van der Waals surface area contributed by atoms with Crippen molar-refractivity contribution < 1.29 is 28.6 Å². The molecule has 0 amide bonds. The maximum absolute atomic E-state index is 13.0. The molecule has 0 heterocycles. The van der Waals surface area contributed by atoms with Gasteiger partial charge in [0, 0.05) is 19.3 Å². The van der Waals surface area contributed by atoms with Gasteiger partial charge in [0.1, 0.15) is 13.2 Å². The molecule has 0 bridgehead atoms. The van der Waals surface area contributed by atoms with Gasteiger partial charge in [0.25, 0.3) is 0 Å². The monoisotopic (exact) mass is 1160 g/mol. The van der Waals surface area contributed by atoms with E-state index in [-0.39, 0.29) is 31.1 Å². The Kier molecular flexibility index (Phi) is 68.2. The number of allylic oxidation sites excluding steroid dienone is 14. The first kappa shape index (κ1) is 79.6. The van der Waals surface area contributed by atoms with Crippen LogP contribution in [-0.2, 0) is 28.6 Å². The second-order valence-corrected chi connectivity index (χ2v) is 24.1. The van der Waals surface area contributed by atoms with Crippen molar-refractivity contribution in [3.8, 4) is 0 Å². The summed E-state index contributed by atoms with van der Waals surface area (Å²) in [6.45, 7) is 6.63. The summed E-state index contributed by atoms with van der Waals surface area (Å²) in [4.78, 5) is 38.5. The average Bonchev–Trinajstić information content (AvgIpc) is 3.50. The largest absolute Gasteiger partial charge is 0.462 e. The number of carbonyl (C=O) groups excluding carboxylic acids is 3. The minimum atomic E-state index is -0.786. The molecule has 83 heavy (non-hydrogen) atoms. The summed E-state index contributed by atoms with van der Waals surface area (Å²) in [7, 11) is 0. The lowest BCUT2D eigenvalue weighted by molar-refractivity contribution is -0.167. The minimum Gasteiger partial charge on any atom is -0.462 e. The molecular weight excluding hydrogens is 1020 g/mol. The third-order valence-corrected chi connectivity index (χ3v) is 15.8. The quantitative estimate of drug-likeness (QED) is 0.0261. The fourth-order valence-electron chi connectivity index (χ4n) is 10.4. The zero-order chi connectivity index (χ0) is 59.9. The van der Waals surface area contributed by atoms with Gasteiger partial charge in [0.05, 0.1) is 0 Å². The normalized spacial score (nSPS) is 12.6. The van der Waals surface area contributed by atoms with Crippen molar-refractivity contribution >= 4 is 17.9 Å². The van der Waals surface area contributed by atoms with E-state index in [1.165, 1.54) is 238 Å². The first-order valence-corrected chi connectivity index (χ1v) is 36.1. The number of unbranched alkanes of at least 4 members (excludes halogenated alkanes) is 41. The zero-order valence-electron chi connectivity index (χ0n) is 55.2. The SMILES string of the molecule is CCCCC/C=C\C/C=C\CCCCCCCCCC(=O)OCC(COC(=O)CCCCCCCCCCCCCC/C=C\C/C=C\C/C=C\CCCCCCC)OC(=O)CCCCCCCCCCC/C=C\C/C=C\CCCCCCC. The Labute approximate surface area is 515 Å². The molecule has 1 atom stereocenters. The van der Waals surface area contributed by atoms with Gasteiger partial charge in [-0.25, -0.2) is 0 Å². The van der Waals surface area contributed by atoms with Gasteiger partial charge in [-0.15, -0.1) is 0 Å². The van der Waals surface area contributed by atoms with Gasteiger partial charge in [0.15, 0.2) is 6.10 Å². The fourth-order valence-corrected chi connectivity index (χ4v) is 10.4. The number of carbonyl (C=O) groups is 3. The van der Waals surface area contributed by atoms with E-state index in [2.05, 4.69) is 106 Å². The molecule has 480 valence electrons. The van der Waals surface area contributed by atoms with E-state index in [1.54, 1.807) is 0 Å². The van der Waals surface area contributed by atoms with Crippen LogP contribution in [0.5, 0.6) is 0 Å². The predicted molar refractivity (Wildman–Crippen MR) is 362 cm³/mol. The number of esters is 3. The topological polar surface area (TPSA) is 78.9 Å². The molecule has 0 N–H and O–H groups in total. The van der Waals surface area contributed by atoms with E-state index >= 15 is 0 Å². The average molecular weight is 1160 g/mol. The van der Waals surface area contributed by atoms with Gasteiger partial charge in [-0.1, -0.05) is 311 Å². The summed E-state index contributed by atoms with van der Waals surface area (Å²) in [5.74, 6) is -0.875. The lowest BCUT2D eigenvalue weighted by Crippen LogP contribution is -2.30. The molecule has 0 aliphatic rings. The zero-order valence-corrected chi connectivity index (χ0v) is 55.2. The number of rotatable bonds is 66. The summed E-state index contributed by atoms with van der Waals surface area (Å²) < 4.78 is 17.0. The third-order valence-electron chi connectivity index (χ3n) is 15.8. The lowest BCUT2D eigenvalue weighted by atomic mass is 10.0. The van der Waals surface area contributed by atoms with Crippen LogP contribution in [0.2, 0.25) is 0 Å². The second kappa shape index (κ2) is 71.1. The maximum Gasteiger partial charge on any atom is 0.306 e. The van der Waals surface area contributed by atoms with Crippen LogP contribution >= 0.6 is 0 Å². The van der Waals surface area contributed by atoms with E-state index in [0.717, 1.165) is 89.9 Å². The Hall–Kier alpha value is -3.41. The molecule has 0 spiro atoms. The van der Waals surface area contributed by atoms with Crippen molar-refractivity contribution in [3.05, 3.63) is 85.1 Å². The van der Waals surface area contributed by atoms with Crippen molar-refractivity contribution in [3.63, 3.8) is 0 Å². The Bertz CT molecular complexity index is 1570. The molecule has 6 heteroatoms. The lowest BCUT2D eigenvalue weighted by Gasteiger charge is -2.18. The molecule has 0 saturated carbocycles. The smallest absolute Gasteiger partial charge is 0.306 e. The van der Waals surface area contributed by atoms with Crippen LogP contribution in [0.4, 0.5) is 0 Å². The molecule has 0 aromatic heterocycles. The van der Waals surface area contributed by atoms with Crippen molar-refractivity contribution in [2.75, 3.05) is 13.2 Å². The van der Waals surface area contributed by atoms with Crippen LogP contribution in [0.3, 0.4) is 0 Å². The van der Waals surface area contributed by atoms with Crippen LogP contribution in [0.1, 0.15) is 367 Å². The first-order chi connectivity index (χ1) is 41.0. The second-order valence-electron chi connectivity index (χ2n) is 24.1. The van der Waals surface area contributed by atoms with Crippen molar-refractivity contribution in [2.24, 2.45) is 0 Å².